The molecule has 1 rings (SSSR count). The van der Waals surface area contributed by atoms with Gasteiger partial charge in [0.25, 0.3) is 0 Å². The first kappa shape index (κ1) is 6.60. The van der Waals surface area contributed by atoms with Crippen LogP contribution in [0.5, 0.6) is 0 Å². The average Bonchev–Trinajstić information content (AvgIpc) is 2.15. The molecule has 0 aliphatic carbocycles. The Hall–Kier alpha value is -1.52. The summed E-state index contributed by atoms with van der Waals surface area (Å²) in [6.45, 7) is 1.67. The lowest BCUT2D eigenvalue weighted by molar-refractivity contribution is 0.185. The molecule has 5 heteroatoms. The molecule has 1 amide bonds. The largest absolute Gasteiger partial charge is 0.456 e. The maximum Gasteiger partial charge on any atom is 0.456 e. The van der Waals surface area contributed by atoms with E-state index >= 15 is 0 Å². The maximum atomic E-state index is 9.91. The van der Waals surface area contributed by atoms with Crippen molar-refractivity contribution in [1.29, 1.82) is 0 Å². The number of hydrogen-bond acceptors (Lipinski definition) is 3. The molecule has 1 heterocycles. The van der Waals surface area contributed by atoms with E-state index in [1.165, 1.54) is 6.26 Å². The van der Waals surface area contributed by atoms with Gasteiger partial charge in [-0.1, -0.05) is 5.16 Å². The van der Waals surface area contributed by atoms with E-state index in [0.29, 0.717) is 5.56 Å². The van der Waals surface area contributed by atoms with Crippen molar-refractivity contribution >= 4 is 11.9 Å². The van der Waals surface area contributed by atoms with Crippen LogP contribution in [0.1, 0.15) is 5.56 Å². The standard InChI is InChI=1S/C5H5N2O3/c1-3-2-10-7-4(3)6-5(8)9/h2H,1H3,(H,6,7). The van der Waals surface area contributed by atoms with Crippen molar-refractivity contribution in [3.63, 3.8) is 0 Å². The first-order valence-corrected chi connectivity index (χ1v) is 2.59. The second-order valence-electron chi connectivity index (χ2n) is 1.76. The zero-order valence-corrected chi connectivity index (χ0v) is 5.25. The van der Waals surface area contributed by atoms with Crippen molar-refractivity contribution in [1.82, 2.24) is 5.16 Å². The second-order valence-corrected chi connectivity index (χ2v) is 1.76. The fraction of sp³-hybridized carbons (Fsp3) is 0.200. The zero-order chi connectivity index (χ0) is 7.56. The highest BCUT2D eigenvalue weighted by molar-refractivity contribution is 5.81. The van der Waals surface area contributed by atoms with Crippen LogP contribution < -0.4 is 5.32 Å². The highest BCUT2D eigenvalue weighted by atomic mass is 16.5. The number of rotatable bonds is 1. The van der Waals surface area contributed by atoms with E-state index in [2.05, 4.69) is 9.68 Å². The molecular formula is C5H5N2O3. The molecule has 0 aliphatic rings. The molecule has 1 aromatic rings. The summed E-state index contributed by atoms with van der Waals surface area (Å²) in [4.78, 5) is 9.91. The zero-order valence-electron chi connectivity index (χ0n) is 5.25. The van der Waals surface area contributed by atoms with Gasteiger partial charge in [-0.2, -0.15) is 0 Å². The summed E-state index contributed by atoms with van der Waals surface area (Å²) in [7, 11) is 0. The molecular weight excluding hydrogens is 136 g/mol. The van der Waals surface area contributed by atoms with Gasteiger partial charge >= 0.3 is 6.09 Å². The second kappa shape index (κ2) is 2.38. The van der Waals surface area contributed by atoms with Gasteiger partial charge in [-0.25, -0.2) is 9.90 Å². The molecule has 5 nitrogen and oxygen atoms in total. The molecule has 53 valence electrons. The number of anilines is 1. The number of aromatic nitrogens is 1. The molecule has 0 atom stereocenters. The van der Waals surface area contributed by atoms with Crippen LogP contribution in [0.25, 0.3) is 0 Å². The summed E-state index contributed by atoms with van der Waals surface area (Å²) >= 11 is 0. The van der Waals surface area contributed by atoms with E-state index in [1.807, 2.05) is 5.32 Å². The third kappa shape index (κ3) is 1.25. The summed E-state index contributed by atoms with van der Waals surface area (Å²) in [6.07, 6.45) is -0.0531. The van der Waals surface area contributed by atoms with Gasteiger partial charge in [-0.05, 0) is 6.92 Å². The van der Waals surface area contributed by atoms with Crippen molar-refractivity contribution in [3.05, 3.63) is 11.8 Å². The molecule has 0 spiro atoms. The van der Waals surface area contributed by atoms with Crippen molar-refractivity contribution in [2.75, 3.05) is 5.32 Å². The Morgan fingerprint density at radius 3 is 2.90 bits per heavy atom. The van der Waals surface area contributed by atoms with Crippen LogP contribution in [0.2, 0.25) is 0 Å². The highest BCUT2D eigenvalue weighted by Crippen LogP contribution is 2.09. The van der Waals surface area contributed by atoms with Crippen molar-refractivity contribution < 1.29 is 14.4 Å². The predicted octanol–water partition coefficient (Wildman–Crippen LogP) is 0.945. The van der Waals surface area contributed by atoms with Crippen LogP contribution in [0, 0.1) is 6.92 Å². The molecule has 1 aromatic heterocycles. The van der Waals surface area contributed by atoms with Crippen LogP contribution in [0.3, 0.4) is 0 Å². The first-order chi connectivity index (χ1) is 4.70. The maximum absolute atomic E-state index is 9.91. The Bertz CT molecular complexity index is 243. The van der Waals surface area contributed by atoms with Crippen LogP contribution in [-0.2, 0) is 5.11 Å². The number of amides is 1. The van der Waals surface area contributed by atoms with E-state index in [1.54, 1.807) is 6.92 Å². The SMILES string of the molecule is Cc1conc1NC([O])=O. The Morgan fingerprint density at radius 2 is 2.50 bits per heavy atom. The van der Waals surface area contributed by atoms with Gasteiger partial charge in [-0.3, -0.25) is 5.32 Å². The summed E-state index contributed by atoms with van der Waals surface area (Å²) in [5.41, 5.74) is 0.629. The molecule has 0 fully saturated rings. The number of nitrogens with zero attached hydrogens (tertiary/aromatic N) is 1. The van der Waals surface area contributed by atoms with Crippen molar-refractivity contribution in [3.8, 4) is 0 Å². The fourth-order valence-electron chi connectivity index (χ4n) is 0.504. The Labute approximate surface area is 56.6 Å². The number of carbonyl (C=O) groups is 1. The highest BCUT2D eigenvalue weighted by Gasteiger charge is 2.05. The Kier molecular flexibility index (Phi) is 1.57. The van der Waals surface area contributed by atoms with Crippen LogP contribution in [0.4, 0.5) is 10.6 Å². The minimum Gasteiger partial charge on any atom is -0.362 e. The Morgan fingerprint density at radius 1 is 1.80 bits per heavy atom. The van der Waals surface area contributed by atoms with E-state index in [9.17, 15) is 9.90 Å². The number of hydrogen-bond donors (Lipinski definition) is 1. The summed E-state index contributed by atoms with van der Waals surface area (Å²) < 4.78 is 4.44. The summed E-state index contributed by atoms with van der Waals surface area (Å²) in [5.74, 6) is 0.181. The van der Waals surface area contributed by atoms with Gasteiger partial charge in [0.15, 0.2) is 5.82 Å². The monoisotopic (exact) mass is 141 g/mol. The minimum atomic E-state index is -1.39. The molecule has 0 aliphatic heterocycles. The van der Waals surface area contributed by atoms with Crippen molar-refractivity contribution in [2.24, 2.45) is 0 Å². The van der Waals surface area contributed by atoms with Crippen LogP contribution in [0.15, 0.2) is 10.8 Å². The van der Waals surface area contributed by atoms with Gasteiger partial charge in [0.2, 0.25) is 0 Å². The van der Waals surface area contributed by atoms with Gasteiger partial charge < -0.3 is 4.52 Å². The molecule has 1 N–H and O–H groups in total. The molecule has 0 bridgehead atoms. The molecule has 1 radical (unpaired) electrons. The van der Waals surface area contributed by atoms with E-state index < -0.39 is 6.09 Å². The normalized spacial score (nSPS) is 9.30. The lowest BCUT2D eigenvalue weighted by atomic mass is 10.4. The van der Waals surface area contributed by atoms with E-state index in [-0.39, 0.29) is 5.82 Å². The van der Waals surface area contributed by atoms with E-state index in [0.717, 1.165) is 0 Å². The smallest absolute Gasteiger partial charge is 0.362 e. The first-order valence-electron chi connectivity index (χ1n) is 2.59. The Balaban J connectivity index is 2.74. The molecule has 0 unspecified atom stereocenters. The molecule has 0 saturated carbocycles. The lowest BCUT2D eigenvalue weighted by Crippen LogP contribution is -2.06. The van der Waals surface area contributed by atoms with Crippen molar-refractivity contribution in [2.45, 2.75) is 6.92 Å². The average molecular weight is 141 g/mol. The van der Waals surface area contributed by atoms with E-state index in [4.69, 9.17) is 0 Å². The van der Waals surface area contributed by atoms with Gasteiger partial charge in [0.1, 0.15) is 6.26 Å². The molecule has 0 saturated heterocycles. The number of carbonyl (C=O) groups excluding carboxylic acids is 1. The fourth-order valence-corrected chi connectivity index (χ4v) is 0.504. The van der Waals surface area contributed by atoms with Gasteiger partial charge in [-0.15, -0.1) is 0 Å². The van der Waals surface area contributed by atoms with Gasteiger partial charge in [0, 0.05) is 5.56 Å². The summed E-state index contributed by atoms with van der Waals surface area (Å²) in [6, 6.07) is 0. The third-order valence-electron chi connectivity index (χ3n) is 0.967. The summed E-state index contributed by atoms with van der Waals surface area (Å²) in [5, 5.41) is 15.2. The number of nitrogens with one attached hydrogen (secondary N) is 1. The van der Waals surface area contributed by atoms with Crippen LogP contribution >= 0.6 is 0 Å². The number of aryl methyl sites for hydroxylation is 1. The van der Waals surface area contributed by atoms with Crippen LogP contribution in [-0.4, -0.2) is 11.2 Å². The molecule has 0 aromatic carbocycles. The molecule has 10 heavy (non-hydrogen) atoms. The minimum absolute atomic E-state index is 0.181. The lowest BCUT2D eigenvalue weighted by Gasteiger charge is -1.89. The topological polar surface area (TPSA) is 75.0 Å². The predicted molar refractivity (Wildman–Crippen MR) is 30.9 cm³/mol. The quantitative estimate of drug-likeness (QED) is 0.632. The third-order valence-corrected chi connectivity index (χ3v) is 0.967. The van der Waals surface area contributed by atoms with Gasteiger partial charge in [0.05, 0.1) is 0 Å².